The first-order valence-electron chi connectivity index (χ1n) is 4.39. The molecule has 0 spiro atoms. The Hall–Kier alpha value is -1.13. The minimum atomic E-state index is -0.554. The number of aliphatic hydroxyl groups is 1. The molecule has 1 N–H and O–H groups in total. The molecule has 0 amide bonds. The molecule has 74 valence electrons. The van der Waals surface area contributed by atoms with E-state index in [0.717, 1.165) is 10.6 Å². The van der Waals surface area contributed by atoms with Gasteiger partial charge < -0.3 is 5.11 Å². The lowest BCUT2D eigenvalue weighted by Crippen LogP contribution is -2.04. The topological polar surface area (TPSA) is 38.1 Å². The minimum absolute atomic E-state index is 0.554. The van der Waals surface area contributed by atoms with Crippen LogP contribution in [0.2, 0.25) is 0 Å². The largest absolute Gasteiger partial charge is 0.381 e. The molecule has 2 rings (SSSR count). The van der Waals surface area contributed by atoms with Crippen LogP contribution in [0.25, 0.3) is 0 Å². The first kappa shape index (κ1) is 9.43. The second-order valence-corrected chi connectivity index (χ2v) is 4.25. The van der Waals surface area contributed by atoms with Gasteiger partial charge in [0.1, 0.15) is 6.10 Å². The van der Waals surface area contributed by atoms with Crippen molar-refractivity contribution in [3.63, 3.8) is 0 Å². The van der Waals surface area contributed by atoms with E-state index in [1.54, 1.807) is 22.2 Å². The predicted octanol–water partition coefficient (Wildman–Crippen LogP) is 1.87. The molecule has 14 heavy (non-hydrogen) atoms. The smallest absolute Gasteiger partial charge is 0.130 e. The fourth-order valence-electron chi connectivity index (χ4n) is 1.39. The highest BCUT2D eigenvalue weighted by atomic mass is 32.1. The second-order valence-electron chi connectivity index (χ2n) is 3.31. The average Bonchev–Trinajstić information content (AvgIpc) is 2.73. The first-order valence-corrected chi connectivity index (χ1v) is 5.27. The summed E-state index contributed by atoms with van der Waals surface area (Å²) in [6, 6.07) is 3.84. The molecule has 1 unspecified atom stereocenters. The summed E-state index contributed by atoms with van der Waals surface area (Å²) in [5.41, 5.74) is 2.01. The van der Waals surface area contributed by atoms with E-state index in [-0.39, 0.29) is 0 Å². The number of aryl methyl sites for hydroxylation is 2. The Balaban J connectivity index is 2.33. The van der Waals surface area contributed by atoms with Gasteiger partial charge in [-0.15, -0.1) is 11.3 Å². The monoisotopic (exact) mass is 208 g/mol. The molecule has 2 aromatic heterocycles. The number of hydrogen-bond acceptors (Lipinski definition) is 3. The van der Waals surface area contributed by atoms with Crippen LogP contribution in [0.4, 0.5) is 0 Å². The van der Waals surface area contributed by atoms with Gasteiger partial charge >= 0.3 is 0 Å². The highest BCUT2D eigenvalue weighted by molar-refractivity contribution is 7.10. The fraction of sp³-hybridized carbons (Fsp3) is 0.300. The third kappa shape index (κ3) is 1.58. The third-order valence-corrected chi connectivity index (χ3v) is 3.26. The summed E-state index contributed by atoms with van der Waals surface area (Å²) in [6.07, 6.45) is 1.14. The van der Waals surface area contributed by atoms with Crippen molar-refractivity contribution in [2.24, 2.45) is 7.05 Å². The van der Waals surface area contributed by atoms with Gasteiger partial charge in [0.15, 0.2) is 0 Å². The Kier molecular flexibility index (Phi) is 2.39. The van der Waals surface area contributed by atoms with Gasteiger partial charge in [-0.3, -0.25) is 4.68 Å². The minimum Gasteiger partial charge on any atom is -0.381 e. The van der Waals surface area contributed by atoms with Crippen LogP contribution >= 0.6 is 11.3 Å². The first-order chi connectivity index (χ1) is 6.68. The van der Waals surface area contributed by atoms with E-state index in [1.165, 1.54) is 5.56 Å². The van der Waals surface area contributed by atoms with Gasteiger partial charge in [-0.2, -0.15) is 5.10 Å². The zero-order valence-electron chi connectivity index (χ0n) is 8.14. The molecule has 1 atom stereocenters. The van der Waals surface area contributed by atoms with E-state index in [2.05, 4.69) is 5.10 Å². The molecular weight excluding hydrogens is 196 g/mol. The van der Waals surface area contributed by atoms with Crippen molar-refractivity contribution in [1.29, 1.82) is 0 Å². The molecular formula is C10H12N2OS. The summed E-state index contributed by atoms with van der Waals surface area (Å²) < 4.78 is 1.69. The summed E-state index contributed by atoms with van der Waals surface area (Å²) in [7, 11) is 1.83. The van der Waals surface area contributed by atoms with Crippen LogP contribution in [-0.2, 0) is 7.05 Å². The van der Waals surface area contributed by atoms with E-state index in [0.29, 0.717) is 0 Å². The van der Waals surface area contributed by atoms with E-state index in [9.17, 15) is 5.11 Å². The Labute approximate surface area is 86.6 Å². The Morgan fingerprint density at radius 1 is 1.57 bits per heavy atom. The van der Waals surface area contributed by atoms with Gasteiger partial charge in [-0.05, 0) is 30.0 Å². The molecule has 0 aliphatic carbocycles. The molecule has 0 saturated heterocycles. The van der Waals surface area contributed by atoms with Crippen LogP contribution in [0.5, 0.6) is 0 Å². The van der Waals surface area contributed by atoms with E-state index in [1.807, 2.05) is 31.5 Å². The van der Waals surface area contributed by atoms with Gasteiger partial charge in [-0.25, -0.2) is 0 Å². The van der Waals surface area contributed by atoms with Crippen LogP contribution in [0.1, 0.15) is 22.2 Å². The number of thiophene rings is 1. The maximum atomic E-state index is 10.0. The van der Waals surface area contributed by atoms with Gasteiger partial charge in [0.25, 0.3) is 0 Å². The van der Waals surface area contributed by atoms with Crippen LogP contribution < -0.4 is 0 Å². The zero-order chi connectivity index (χ0) is 10.1. The highest BCUT2D eigenvalue weighted by Crippen LogP contribution is 2.26. The molecule has 2 aromatic rings. The maximum Gasteiger partial charge on any atom is 0.130 e. The summed E-state index contributed by atoms with van der Waals surface area (Å²) >= 11 is 1.57. The van der Waals surface area contributed by atoms with Crippen molar-refractivity contribution in [2.75, 3.05) is 0 Å². The van der Waals surface area contributed by atoms with Crippen LogP contribution in [0.15, 0.2) is 23.7 Å². The van der Waals surface area contributed by atoms with E-state index < -0.39 is 6.10 Å². The Morgan fingerprint density at radius 2 is 2.36 bits per heavy atom. The molecule has 0 fully saturated rings. The zero-order valence-corrected chi connectivity index (χ0v) is 8.95. The molecule has 0 aliphatic heterocycles. The molecule has 2 heterocycles. The van der Waals surface area contributed by atoms with E-state index in [4.69, 9.17) is 0 Å². The fourth-order valence-corrected chi connectivity index (χ4v) is 2.29. The van der Waals surface area contributed by atoms with Crippen LogP contribution in [0, 0.1) is 6.92 Å². The number of aromatic nitrogens is 2. The molecule has 0 aromatic carbocycles. The second kappa shape index (κ2) is 3.55. The van der Waals surface area contributed by atoms with Crippen molar-refractivity contribution in [3.05, 3.63) is 39.8 Å². The standard InChI is InChI=1S/C10H12N2OS/c1-7-5-9(14-6-7)10(13)8-3-4-11-12(8)2/h3-6,10,13H,1-2H3. The van der Waals surface area contributed by atoms with Gasteiger partial charge in [0, 0.05) is 18.1 Å². The van der Waals surface area contributed by atoms with Crippen molar-refractivity contribution in [3.8, 4) is 0 Å². The molecule has 0 radical (unpaired) electrons. The van der Waals surface area contributed by atoms with Crippen molar-refractivity contribution in [1.82, 2.24) is 9.78 Å². The van der Waals surface area contributed by atoms with E-state index >= 15 is 0 Å². The quantitative estimate of drug-likeness (QED) is 0.818. The van der Waals surface area contributed by atoms with Gasteiger partial charge in [-0.1, -0.05) is 0 Å². The number of hydrogen-bond donors (Lipinski definition) is 1. The number of rotatable bonds is 2. The normalized spacial score (nSPS) is 13.1. The molecule has 0 bridgehead atoms. The van der Waals surface area contributed by atoms with Gasteiger partial charge in [0.05, 0.1) is 5.69 Å². The molecule has 4 heteroatoms. The molecule has 0 aliphatic rings. The Morgan fingerprint density at radius 3 is 2.86 bits per heavy atom. The SMILES string of the molecule is Cc1csc(C(O)c2ccnn2C)c1. The number of aliphatic hydroxyl groups excluding tert-OH is 1. The summed E-state index contributed by atoms with van der Waals surface area (Å²) in [5.74, 6) is 0. The third-order valence-electron chi connectivity index (χ3n) is 2.16. The number of nitrogens with zero attached hydrogens (tertiary/aromatic N) is 2. The average molecular weight is 208 g/mol. The van der Waals surface area contributed by atoms with Crippen molar-refractivity contribution < 1.29 is 5.11 Å². The lowest BCUT2D eigenvalue weighted by molar-refractivity contribution is 0.213. The summed E-state index contributed by atoms with van der Waals surface area (Å²) in [6.45, 7) is 2.02. The lowest BCUT2D eigenvalue weighted by atomic mass is 10.2. The highest BCUT2D eigenvalue weighted by Gasteiger charge is 2.15. The van der Waals surface area contributed by atoms with Gasteiger partial charge in [0.2, 0.25) is 0 Å². The summed E-state index contributed by atoms with van der Waals surface area (Å²) in [4.78, 5) is 0.964. The van der Waals surface area contributed by atoms with Crippen molar-refractivity contribution >= 4 is 11.3 Å². The lowest BCUT2D eigenvalue weighted by Gasteiger charge is -2.08. The van der Waals surface area contributed by atoms with Crippen LogP contribution in [-0.4, -0.2) is 14.9 Å². The summed E-state index contributed by atoms with van der Waals surface area (Å²) in [5, 5.41) is 16.1. The predicted molar refractivity (Wildman–Crippen MR) is 56.3 cm³/mol. The van der Waals surface area contributed by atoms with Crippen LogP contribution in [0.3, 0.4) is 0 Å². The molecule has 0 saturated carbocycles. The molecule has 3 nitrogen and oxygen atoms in total. The maximum absolute atomic E-state index is 10.0. The Bertz CT molecular complexity index is 433. The van der Waals surface area contributed by atoms with Crippen molar-refractivity contribution in [2.45, 2.75) is 13.0 Å².